The molecule has 0 aromatic rings. The summed E-state index contributed by atoms with van der Waals surface area (Å²) in [6.45, 7) is 3.21. The quantitative estimate of drug-likeness (QED) is 0.185. The molecule has 0 spiro atoms. The van der Waals surface area contributed by atoms with Gasteiger partial charge in [0.2, 0.25) is 0 Å². The zero-order chi connectivity index (χ0) is 25.5. The van der Waals surface area contributed by atoms with Crippen molar-refractivity contribution >= 4 is 33.9 Å². The van der Waals surface area contributed by atoms with Crippen LogP contribution in [0.25, 0.3) is 0 Å². The van der Waals surface area contributed by atoms with Gasteiger partial charge in [0, 0.05) is 12.8 Å². The number of carbonyl (C=O) groups is 2. The van der Waals surface area contributed by atoms with Gasteiger partial charge in [-0.15, -0.1) is 0 Å². The fraction of sp³-hybridized carbons (Fsp3) is 0.920. The maximum absolute atomic E-state index is 12.2. The Balaban J connectivity index is 1.45. The van der Waals surface area contributed by atoms with Crippen LogP contribution in [-0.2, 0) is 49.6 Å². The van der Waals surface area contributed by atoms with Crippen LogP contribution in [0.1, 0.15) is 117 Å². The van der Waals surface area contributed by atoms with E-state index in [-0.39, 0.29) is 37.0 Å². The van der Waals surface area contributed by atoms with Crippen LogP contribution in [0.5, 0.6) is 0 Å². The van der Waals surface area contributed by atoms with Crippen molar-refractivity contribution < 1.29 is 35.8 Å². The fourth-order valence-corrected chi connectivity index (χ4v) is 5.91. The first kappa shape index (κ1) is 30.5. The van der Waals surface area contributed by atoms with Crippen LogP contribution < -0.4 is 0 Å². The van der Waals surface area contributed by atoms with Crippen molar-refractivity contribution in [1.82, 2.24) is 0 Å². The first-order chi connectivity index (χ1) is 16.8. The Kier molecular flexibility index (Phi) is 15.5. The molecule has 10 heteroatoms. The summed E-state index contributed by atoms with van der Waals surface area (Å²) < 4.78 is 46.2. The zero-order valence-electron chi connectivity index (χ0n) is 21.4. The second-order valence-corrected chi connectivity index (χ2v) is 12.4. The number of hydrogen-bond donors (Lipinski definition) is 0. The van der Waals surface area contributed by atoms with E-state index in [1.807, 2.05) is 0 Å². The summed E-state index contributed by atoms with van der Waals surface area (Å²) in [5, 5.41) is 0. The van der Waals surface area contributed by atoms with Crippen molar-refractivity contribution in [2.75, 3.05) is 6.61 Å². The Bertz CT molecular complexity index is 674. The molecule has 0 amide bonds. The number of hydrogen-bond acceptors (Lipinski definition) is 8. The molecule has 2 saturated carbocycles. The van der Waals surface area contributed by atoms with Crippen LogP contribution in [0.15, 0.2) is 0 Å². The predicted octanol–water partition coefficient (Wildman–Crippen LogP) is 5.17. The SMILES string of the molecule is CC(OCC(=O)CCCCCCC(=O)OC(C)S(=O)OC1CCCCC1)S(=O)OC1CCCCC1. The van der Waals surface area contributed by atoms with Gasteiger partial charge >= 0.3 is 5.97 Å². The second-order valence-electron chi connectivity index (χ2n) is 9.62. The molecule has 4 unspecified atom stereocenters. The molecule has 204 valence electrons. The maximum Gasteiger partial charge on any atom is 0.307 e. The summed E-state index contributed by atoms with van der Waals surface area (Å²) in [4.78, 5) is 24.1. The minimum absolute atomic E-state index is 0.000842. The molecule has 0 aromatic carbocycles. The van der Waals surface area contributed by atoms with Gasteiger partial charge in [0.05, 0.1) is 12.2 Å². The number of unbranched alkanes of at least 4 members (excludes halogenated alkanes) is 3. The molecule has 4 atom stereocenters. The molecule has 0 aliphatic heterocycles. The third kappa shape index (κ3) is 13.4. The highest BCUT2D eigenvalue weighted by Crippen LogP contribution is 2.23. The molecule has 2 fully saturated rings. The number of ether oxygens (including phenoxy) is 2. The second kappa shape index (κ2) is 17.7. The molecule has 0 aromatic heterocycles. The lowest BCUT2D eigenvalue weighted by molar-refractivity contribution is -0.145. The van der Waals surface area contributed by atoms with Gasteiger partial charge in [0.15, 0.2) is 38.8 Å². The Morgan fingerprint density at radius 1 is 0.714 bits per heavy atom. The lowest BCUT2D eigenvalue weighted by Crippen LogP contribution is -2.26. The zero-order valence-corrected chi connectivity index (χ0v) is 23.0. The molecule has 2 aliphatic rings. The Hall–Kier alpha value is -0.680. The summed E-state index contributed by atoms with van der Waals surface area (Å²) in [6.07, 6.45) is 14.1. The predicted molar refractivity (Wildman–Crippen MR) is 136 cm³/mol. The molecule has 0 bridgehead atoms. The lowest BCUT2D eigenvalue weighted by Gasteiger charge is -2.22. The van der Waals surface area contributed by atoms with Crippen molar-refractivity contribution in [2.45, 2.75) is 140 Å². The van der Waals surface area contributed by atoms with E-state index in [1.165, 1.54) is 12.8 Å². The highest BCUT2D eigenvalue weighted by molar-refractivity contribution is 7.80. The Morgan fingerprint density at radius 2 is 1.20 bits per heavy atom. The highest BCUT2D eigenvalue weighted by Gasteiger charge is 2.23. The lowest BCUT2D eigenvalue weighted by atomic mass is 9.98. The van der Waals surface area contributed by atoms with Crippen molar-refractivity contribution in [3.8, 4) is 0 Å². The summed E-state index contributed by atoms with van der Waals surface area (Å²) in [7, 11) is 0. The summed E-state index contributed by atoms with van der Waals surface area (Å²) in [5.41, 5.74) is -1.40. The Morgan fingerprint density at radius 3 is 1.74 bits per heavy atom. The van der Waals surface area contributed by atoms with Gasteiger partial charge in [-0.25, -0.2) is 8.42 Å². The summed E-state index contributed by atoms with van der Waals surface area (Å²) >= 11 is -3.18. The number of Topliss-reactive ketones (excluding diaryl/α,β-unsaturated/α-hetero) is 1. The number of ketones is 1. The molecule has 2 aliphatic carbocycles. The normalized spacial score (nSPS) is 21.2. The van der Waals surface area contributed by atoms with Gasteiger partial charge < -0.3 is 9.47 Å². The van der Waals surface area contributed by atoms with E-state index in [4.69, 9.17) is 17.8 Å². The van der Waals surface area contributed by atoms with E-state index >= 15 is 0 Å². The van der Waals surface area contributed by atoms with Crippen LogP contribution in [0.2, 0.25) is 0 Å². The third-order valence-electron chi connectivity index (χ3n) is 6.47. The van der Waals surface area contributed by atoms with Crippen LogP contribution in [-0.4, -0.2) is 49.9 Å². The van der Waals surface area contributed by atoms with Gasteiger partial charge in [-0.05, 0) is 52.4 Å². The highest BCUT2D eigenvalue weighted by atomic mass is 32.2. The number of esters is 1. The first-order valence-corrected chi connectivity index (χ1v) is 15.6. The molecule has 0 N–H and O–H groups in total. The number of carbonyl (C=O) groups excluding carboxylic acids is 2. The molecule has 2 rings (SSSR count). The molecule has 0 saturated heterocycles. The Labute approximate surface area is 215 Å². The largest absolute Gasteiger partial charge is 0.446 e. The van der Waals surface area contributed by atoms with Gasteiger partial charge in [-0.3, -0.25) is 18.0 Å². The molecular formula is C25H44O8S2. The average Bonchev–Trinajstić information content (AvgIpc) is 2.85. The van der Waals surface area contributed by atoms with Gasteiger partial charge in [0.1, 0.15) is 6.61 Å². The van der Waals surface area contributed by atoms with Crippen molar-refractivity contribution in [2.24, 2.45) is 0 Å². The van der Waals surface area contributed by atoms with E-state index < -0.39 is 33.0 Å². The molecule has 35 heavy (non-hydrogen) atoms. The smallest absolute Gasteiger partial charge is 0.307 e. The van der Waals surface area contributed by atoms with Gasteiger partial charge in [-0.2, -0.15) is 0 Å². The summed E-state index contributed by atoms with van der Waals surface area (Å²) in [6, 6.07) is 0. The first-order valence-electron chi connectivity index (χ1n) is 13.3. The summed E-state index contributed by atoms with van der Waals surface area (Å²) in [5.74, 6) is -0.403. The van der Waals surface area contributed by atoms with Crippen molar-refractivity contribution in [3.05, 3.63) is 0 Å². The van der Waals surface area contributed by atoms with Crippen LogP contribution in [0.4, 0.5) is 0 Å². The van der Waals surface area contributed by atoms with Crippen LogP contribution in [0.3, 0.4) is 0 Å². The standard InChI is InChI=1S/C25H44O8S2/c1-20(34(28)32-23-14-8-5-9-15-23)30-19-22(26)13-7-3-4-12-18-25(27)31-21(2)35(29)33-24-16-10-6-11-17-24/h20-21,23-24H,3-19H2,1-2H3. The van der Waals surface area contributed by atoms with E-state index in [9.17, 15) is 18.0 Å². The van der Waals surface area contributed by atoms with E-state index in [0.717, 1.165) is 64.2 Å². The third-order valence-corrected chi connectivity index (χ3v) is 8.71. The topological polar surface area (TPSA) is 105 Å². The molecule has 0 heterocycles. The van der Waals surface area contributed by atoms with Crippen molar-refractivity contribution in [1.29, 1.82) is 0 Å². The van der Waals surface area contributed by atoms with Crippen LogP contribution >= 0.6 is 0 Å². The maximum atomic E-state index is 12.2. The number of rotatable bonds is 17. The monoisotopic (exact) mass is 536 g/mol. The fourth-order valence-electron chi connectivity index (χ4n) is 4.31. The van der Waals surface area contributed by atoms with Gasteiger partial charge in [0.25, 0.3) is 0 Å². The van der Waals surface area contributed by atoms with Gasteiger partial charge in [-0.1, -0.05) is 51.4 Å². The van der Waals surface area contributed by atoms with E-state index in [0.29, 0.717) is 19.3 Å². The van der Waals surface area contributed by atoms with Crippen molar-refractivity contribution in [3.63, 3.8) is 0 Å². The molecule has 0 radical (unpaired) electrons. The minimum Gasteiger partial charge on any atom is -0.446 e. The molecule has 8 nitrogen and oxygen atoms in total. The van der Waals surface area contributed by atoms with E-state index in [2.05, 4.69) is 0 Å². The minimum atomic E-state index is -1.63. The molecular weight excluding hydrogens is 492 g/mol. The van der Waals surface area contributed by atoms with E-state index in [1.54, 1.807) is 13.8 Å². The average molecular weight is 537 g/mol. The van der Waals surface area contributed by atoms with Crippen LogP contribution in [0, 0.1) is 0 Å².